The number of nitrogens with zero attached hydrogens (tertiary/aromatic N) is 2. The molecule has 0 aliphatic heterocycles. The van der Waals surface area contributed by atoms with Gasteiger partial charge in [0.05, 0.1) is 4.90 Å². The third-order valence-electron chi connectivity index (χ3n) is 3.11. The Kier molecular flexibility index (Phi) is 4.62. The summed E-state index contributed by atoms with van der Waals surface area (Å²) in [5.41, 5.74) is 0. The molecule has 0 amide bonds. The highest BCUT2D eigenvalue weighted by molar-refractivity contribution is 7.89. The first kappa shape index (κ1) is 15.2. The van der Waals surface area contributed by atoms with E-state index in [1.807, 2.05) is 19.9 Å². The van der Waals surface area contributed by atoms with Crippen molar-refractivity contribution in [3.05, 3.63) is 36.7 Å². The second-order valence-corrected chi connectivity index (χ2v) is 6.99. The van der Waals surface area contributed by atoms with Crippen LogP contribution in [-0.4, -0.2) is 36.2 Å². The van der Waals surface area contributed by atoms with E-state index in [2.05, 4.69) is 4.98 Å². The summed E-state index contributed by atoms with van der Waals surface area (Å²) >= 11 is 5.74. The van der Waals surface area contributed by atoms with E-state index < -0.39 is 10.0 Å². The summed E-state index contributed by atoms with van der Waals surface area (Å²) in [4.78, 5) is 4.32. The Morgan fingerprint density at radius 2 is 2.05 bits per heavy atom. The summed E-state index contributed by atoms with van der Waals surface area (Å²) in [6, 6.07) is 6.79. The van der Waals surface area contributed by atoms with Crippen LogP contribution in [0.15, 0.2) is 41.6 Å². The number of alkyl halides is 1. The monoisotopic (exact) mass is 312 g/mol. The molecule has 0 N–H and O–H groups in total. The Hall–Kier alpha value is -1.17. The molecule has 0 aliphatic rings. The molecule has 0 atom stereocenters. The molecule has 20 heavy (non-hydrogen) atoms. The lowest BCUT2D eigenvalue weighted by atomic mass is 10.2. The number of fused-ring (bicyclic) bond motifs is 1. The van der Waals surface area contributed by atoms with Gasteiger partial charge in [0.15, 0.2) is 0 Å². The third kappa shape index (κ3) is 2.80. The van der Waals surface area contributed by atoms with E-state index in [-0.39, 0.29) is 11.9 Å². The minimum absolute atomic E-state index is 0.143. The van der Waals surface area contributed by atoms with Crippen LogP contribution in [0, 0.1) is 0 Å². The summed E-state index contributed by atoms with van der Waals surface area (Å²) < 4.78 is 27.1. The fourth-order valence-corrected chi connectivity index (χ4v) is 4.32. The molecule has 0 spiro atoms. The van der Waals surface area contributed by atoms with E-state index in [1.165, 1.54) is 4.31 Å². The van der Waals surface area contributed by atoms with Gasteiger partial charge in [-0.3, -0.25) is 4.98 Å². The van der Waals surface area contributed by atoms with Gasteiger partial charge in [0.1, 0.15) is 0 Å². The number of aromatic nitrogens is 1. The van der Waals surface area contributed by atoms with Gasteiger partial charge in [0, 0.05) is 41.6 Å². The van der Waals surface area contributed by atoms with Crippen LogP contribution in [0.2, 0.25) is 0 Å². The topological polar surface area (TPSA) is 50.3 Å². The number of hydrogen-bond donors (Lipinski definition) is 0. The van der Waals surface area contributed by atoms with Crippen molar-refractivity contribution in [2.45, 2.75) is 24.8 Å². The molecule has 108 valence electrons. The Labute approximate surface area is 124 Å². The molecular formula is C14H17ClN2O2S. The zero-order valence-electron chi connectivity index (χ0n) is 11.5. The zero-order valence-corrected chi connectivity index (χ0v) is 13.0. The van der Waals surface area contributed by atoms with Gasteiger partial charge in [0.2, 0.25) is 10.0 Å². The lowest BCUT2D eigenvalue weighted by Crippen LogP contribution is -2.38. The largest absolute Gasteiger partial charge is 0.264 e. The Morgan fingerprint density at radius 1 is 1.30 bits per heavy atom. The maximum atomic E-state index is 12.8. The maximum absolute atomic E-state index is 12.8. The molecule has 0 saturated carbocycles. The van der Waals surface area contributed by atoms with Gasteiger partial charge in [-0.2, -0.15) is 4.31 Å². The molecule has 2 aromatic rings. The Balaban J connectivity index is 2.62. The van der Waals surface area contributed by atoms with Crippen LogP contribution in [0.5, 0.6) is 0 Å². The Morgan fingerprint density at radius 3 is 2.70 bits per heavy atom. The van der Waals surface area contributed by atoms with E-state index in [1.54, 1.807) is 30.6 Å². The average Bonchev–Trinajstić information content (AvgIpc) is 2.43. The third-order valence-corrected chi connectivity index (χ3v) is 5.41. The average molecular weight is 313 g/mol. The maximum Gasteiger partial charge on any atom is 0.243 e. The number of hydrogen-bond acceptors (Lipinski definition) is 3. The van der Waals surface area contributed by atoms with E-state index in [9.17, 15) is 8.42 Å². The number of benzene rings is 1. The molecule has 0 unspecified atom stereocenters. The minimum atomic E-state index is -3.57. The molecular weight excluding hydrogens is 296 g/mol. The second-order valence-electron chi connectivity index (χ2n) is 4.75. The number of rotatable bonds is 5. The van der Waals surface area contributed by atoms with Crippen LogP contribution < -0.4 is 0 Å². The minimum Gasteiger partial charge on any atom is -0.264 e. The standard InChI is InChI=1S/C14H17ClN2O2S/c1-11(2)17(9-7-15)20(18,19)14-5-3-4-12-10-16-8-6-13(12)14/h3-6,8,10-11H,7,9H2,1-2H3. The molecule has 6 heteroatoms. The van der Waals surface area contributed by atoms with Crippen molar-refractivity contribution in [3.8, 4) is 0 Å². The van der Waals surface area contributed by atoms with Gasteiger partial charge in [-0.05, 0) is 26.0 Å². The zero-order chi connectivity index (χ0) is 14.8. The summed E-state index contributed by atoms with van der Waals surface area (Å²) in [5.74, 6) is 0.268. The fraction of sp³-hybridized carbons (Fsp3) is 0.357. The second kappa shape index (κ2) is 6.08. The van der Waals surface area contributed by atoms with Crippen LogP contribution in [0.25, 0.3) is 10.8 Å². The highest BCUT2D eigenvalue weighted by Crippen LogP contribution is 2.26. The van der Waals surface area contributed by atoms with Crippen molar-refractivity contribution in [1.29, 1.82) is 0 Å². The highest BCUT2D eigenvalue weighted by Gasteiger charge is 2.27. The quantitative estimate of drug-likeness (QED) is 0.798. The molecule has 0 fully saturated rings. The summed E-state index contributed by atoms with van der Waals surface area (Å²) in [5, 5.41) is 1.49. The van der Waals surface area contributed by atoms with Crippen molar-refractivity contribution in [1.82, 2.24) is 9.29 Å². The molecule has 0 saturated heterocycles. The van der Waals surface area contributed by atoms with Gasteiger partial charge in [-0.25, -0.2) is 8.42 Å². The van der Waals surface area contributed by atoms with E-state index in [0.29, 0.717) is 16.8 Å². The van der Waals surface area contributed by atoms with E-state index in [0.717, 1.165) is 5.39 Å². The summed E-state index contributed by atoms with van der Waals surface area (Å²) in [6.45, 7) is 3.98. The van der Waals surface area contributed by atoms with Gasteiger partial charge < -0.3 is 0 Å². The lowest BCUT2D eigenvalue weighted by Gasteiger charge is -2.25. The number of halogens is 1. The van der Waals surface area contributed by atoms with Gasteiger partial charge in [-0.1, -0.05) is 12.1 Å². The smallest absolute Gasteiger partial charge is 0.243 e. The van der Waals surface area contributed by atoms with Crippen molar-refractivity contribution < 1.29 is 8.42 Å². The predicted octanol–water partition coefficient (Wildman–Crippen LogP) is 2.87. The lowest BCUT2D eigenvalue weighted by molar-refractivity contribution is 0.371. The highest BCUT2D eigenvalue weighted by atomic mass is 35.5. The summed E-state index contributed by atoms with van der Waals surface area (Å²) in [7, 11) is -3.57. The van der Waals surface area contributed by atoms with Gasteiger partial charge >= 0.3 is 0 Å². The first-order chi connectivity index (χ1) is 9.48. The van der Waals surface area contributed by atoms with Crippen LogP contribution in [0.3, 0.4) is 0 Å². The molecule has 1 aromatic carbocycles. The molecule has 0 bridgehead atoms. The van der Waals surface area contributed by atoms with E-state index in [4.69, 9.17) is 11.6 Å². The van der Waals surface area contributed by atoms with Crippen LogP contribution in [0.4, 0.5) is 0 Å². The number of pyridine rings is 1. The first-order valence-corrected chi connectivity index (χ1v) is 8.36. The van der Waals surface area contributed by atoms with Crippen molar-refractivity contribution >= 4 is 32.4 Å². The van der Waals surface area contributed by atoms with Crippen LogP contribution in [0.1, 0.15) is 13.8 Å². The normalized spacial score (nSPS) is 12.4. The SMILES string of the molecule is CC(C)N(CCCl)S(=O)(=O)c1cccc2cnccc12. The van der Waals surface area contributed by atoms with Crippen molar-refractivity contribution in [2.75, 3.05) is 12.4 Å². The molecule has 0 radical (unpaired) electrons. The molecule has 1 heterocycles. The first-order valence-electron chi connectivity index (χ1n) is 6.39. The fourth-order valence-electron chi connectivity index (χ4n) is 2.18. The van der Waals surface area contributed by atoms with Crippen molar-refractivity contribution in [3.63, 3.8) is 0 Å². The number of sulfonamides is 1. The van der Waals surface area contributed by atoms with Crippen LogP contribution in [-0.2, 0) is 10.0 Å². The van der Waals surface area contributed by atoms with Gasteiger partial charge in [-0.15, -0.1) is 11.6 Å². The summed E-state index contributed by atoms with van der Waals surface area (Å²) in [6.07, 6.45) is 3.26. The molecule has 4 nitrogen and oxygen atoms in total. The van der Waals surface area contributed by atoms with E-state index >= 15 is 0 Å². The van der Waals surface area contributed by atoms with Gasteiger partial charge in [0.25, 0.3) is 0 Å². The molecule has 0 aliphatic carbocycles. The van der Waals surface area contributed by atoms with Crippen LogP contribution >= 0.6 is 11.6 Å². The van der Waals surface area contributed by atoms with Crippen molar-refractivity contribution in [2.24, 2.45) is 0 Å². The molecule has 1 aromatic heterocycles. The Bertz CT molecular complexity index is 696. The molecule has 2 rings (SSSR count). The predicted molar refractivity (Wildman–Crippen MR) is 81.5 cm³/mol.